The Labute approximate surface area is 289 Å². The molecule has 2 amide bonds. The molecular formula is C28H48N2O21. The molecule has 4 rings (SSSR count). The second-order valence-corrected chi connectivity index (χ2v) is 12.6. The third-order valence-corrected chi connectivity index (χ3v) is 9.01. The average Bonchev–Trinajstić information content (AvgIpc) is 3.08. The number of nitrogens with one attached hydrogen (secondary N) is 2. The largest absolute Gasteiger partial charge is 0.394 e. The third kappa shape index (κ3) is 9.11. The van der Waals surface area contributed by atoms with E-state index in [1.165, 1.54) is 0 Å². The highest BCUT2D eigenvalue weighted by atomic mass is 16.8. The van der Waals surface area contributed by atoms with Crippen molar-refractivity contribution in [2.75, 3.05) is 26.4 Å². The normalized spacial score (nSPS) is 47.8. The van der Waals surface area contributed by atoms with Crippen LogP contribution in [-0.2, 0) is 42.7 Å². The van der Waals surface area contributed by atoms with E-state index in [1.54, 1.807) is 0 Å². The first-order valence-electron chi connectivity index (χ1n) is 16.1. The van der Waals surface area contributed by atoms with Crippen LogP contribution in [-0.4, -0.2) is 222 Å². The van der Waals surface area contributed by atoms with Gasteiger partial charge in [0.05, 0.1) is 26.4 Å². The van der Waals surface area contributed by atoms with Gasteiger partial charge in [0, 0.05) is 13.8 Å². The summed E-state index contributed by atoms with van der Waals surface area (Å²) in [6.45, 7) is -1.33. The van der Waals surface area contributed by atoms with E-state index in [0.29, 0.717) is 0 Å². The summed E-state index contributed by atoms with van der Waals surface area (Å²) >= 11 is 0. The first kappa shape index (κ1) is 41.9. The van der Waals surface area contributed by atoms with Crippen LogP contribution in [0.3, 0.4) is 0 Å². The molecule has 4 aliphatic heterocycles. The van der Waals surface area contributed by atoms with Crippen LogP contribution in [0.15, 0.2) is 0 Å². The van der Waals surface area contributed by atoms with Gasteiger partial charge in [0.1, 0.15) is 97.5 Å². The second-order valence-electron chi connectivity index (χ2n) is 12.6. The highest BCUT2D eigenvalue weighted by Gasteiger charge is 2.56. The van der Waals surface area contributed by atoms with Crippen LogP contribution < -0.4 is 10.6 Å². The Hall–Kier alpha value is -1.82. The number of carbonyl (C=O) groups excluding carboxylic acids is 2. The Kier molecular flexibility index (Phi) is 14.8. The number of amides is 2. The van der Waals surface area contributed by atoms with Gasteiger partial charge in [0.25, 0.3) is 0 Å². The summed E-state index contributed by atoms with van der Waals surface area (Å²) in [6.07, 6.45) is -31.8. The molecule has 8 unspecified atom stereocenters. The van der Waals surface area contributed by atoms with Crippen LogP contribution in [0.5, 0.6) is 0 Å². The van der Waals surface area contributed by atoms with Crippen LogP contribution in [0.4, 0.5) is 0 Å². The highest BCUT2D eigenvalue weighted by molar-refractivity contribution is 5.73. The molecule has 23 heteroatoms. The molecule has 4 heterocycles. The summed E-state index contributed by atoms with van der Waals surface area (Å²) in [6, 6.07) is -3.09. The molecule has 0 spiro atoms. The van der Waals surface area contributed by atoms with Gasteiger partial charge in [-0.2, -0.15) is 0 Å². The van der Waals surface area contributed by atoms with Crippen molar-refractivity contribution in [3.8, 4) is 0 Å². The maximum atomic E-state index is 12.3. The fourth-order valence-electron chi connectivity index (χ4n) is 6.35. The molecule has 4 fully saturated rings. The lowest BCUT2D eigenvalue weighted by Gasteiger charge is -2.50. The minimum Gasteiger partial charge on any atom is -0.394 e. The Morgan fingerprint density at radius 1 is 0.471 bits per heavy atom. The van der Waals surface area contributed by atoms with Crippen molar-refractivity contribution in [3.63, 3.8) is 0 Å². The standard InChI is InChI=1S/C28H48N2O21/c1-7(35)29-13-18(40)22(12(6-34)45-25(13)44)49-28-21(43)24(17(39)11(5-33)48-28)51-26-14(30-8(2)36)23(16(38)10(4-32)46-26)50-27-20(42)19(41)15(37)9(3-31)47-27/h9-28,31-34,37-44H,3-6H2,1-2H3,(H,29,35)(H,30,36)/t9?,10?,11?,12?,13?,14?,15-,16+,17-,18+,19-,20?,21?,22+,23+,24-,25+,26-,27-,28-/m0/s1. The van der Waals surface area contributed by atoms with Gasteiger partial charge in [-0.3, -0.25) is 9.59 Å². The SMILES string of the molecule is CC(=O)NC1[C@H](O)OC(CO)[C@@H](O[C@@H]2OC(CO)[C@H](O)[C@H](O[C@@H]3OC(CO)[C@@H](O)[C@H](O[C@@H]4OC(CO)[C@H](O)[C@H](O)C4O)C3NC(C)=O)C2O)[C@@H]1O. The van der Waals surface area contributed by atoms with Crippen molar-refractivity contribution >= 4 is 11.8 Å². The third-order valence-electron chi connectivity index (χ3n) is 9.01. The molecule has 0 aromatic heterocycles. The smallest absolute Gasteiger partial charge is 0.217 e. The number of aliphatic hydroxyl groups excluding tert-OH is 12. The van der Waals surface area contributed by atoms with Crippen LogP contribution in [0.25, 0.3) is 0 Å². The van der Waals surface area contributed by atoms with E-state index in [2.05, 4.69) is 10.6 Å². The fourth-order valence-corrected chi connectivity index (χ4v) is 6.35. The predicted molar refractivity (Wildman–Crippen MR) is 157 cm³/mol. The molecule has 0 radical (unpaired) electrons. The molecule has 51 heavy (non-hydrogen) atoms. The Morgan fingerprint density at radius 2 is 0.902 bits per heavy atom. The monoisotopic (exact) mass is 748 g/mol. The Balaban J connectivity index is 1.62. The van der Waals surface area contributed by atoms with E-state index in [-0.39, 0.29) is 0 Å². The number of aliphatic hydroxyl groups is 12. The molecule has 23 nitrogen and oxygen atoms in total. The molecule has 0 aliphatic carbocycles. The predicted octanol–water partition coefficient (Wildman–Crippen LogP) is -9.46. The molecule has 0 saturated carbocycles. The van der Waals surface area contributed by atoms with Gasteiger partial charge in [0.15, 0.2) is 25.2 Å². The second kappa shape index (κ2) is 18.0. The van der Waals surface area contributed by atoms with E-state index in [9.17, 15) is 70.9 Å². The van der Waals surface area contributed by atoms with E-state index < -0.39 is 161 Å². The quantitative estimate of drug-likeness (QED) is 0.0881. The lowest BCUT2D eigenvalue weighted by Crippen LogP contribution is -2.70. The molecule has 0 bridgehead atoms. The average molecular weight is 749 g/mol. The van der Waals surface area contributed by atoms with Crippen LogP contribution >= 0.6 is 0 Å². The van der Waals surface area contributed by atoms with Crippen molar-refractivity contribution < 1.29 is 104 Å². The number of hydrogen-bond acceptors (Lipinski definition) is 21. The number of ether oxygens (including phenoxy) is 7. The minimum atomic E-state index is -2.05. The van der Waals surface area contributed by atoms with Gasteiger partial charge in [0.2, 0.25) is 11.8 Å². The number of hydrogen-bond donors (Lipinski definition) is 14. The van der Waals surface area contributed by atoms with Crippen molar-refractivity contribution in [1.82, 2.24) is 10.6 Å². The van der Waals surface area contributed by atoms with Gasteiger partial charge in [-0.25, -0.2) is 0 Å². The molecular weight excluding hydrogens is 700 g/mol. The van der Waals surface area contributed by atoms with E-state index in [1.807, 2.05) is 0 Å². The zero-order valence-corrected chi connectivity index (χ0v) is 27.4. The highest BCUT2D eigenvalue weighted by Crippen LogP contribution is 2.34. The molecule has 296 valence electrons. The maximum absolute atomic E-state index is 12.3. The minimum absolute atomic E-state index is 0.671. The topological polar surface area (TPSA) is 366 Å². The summed E-state index contributed by atoms with van der Waals surface area (Å²) < 4.78 is 39.3. The fraction of sp³-hybridized carbons (Fsp3) is 0.929. The maximum Gasteiger partial charge on any atom is 0.217 e. The molecule has 4 saturated heterocycles. The van der Waals surface area contributed by atoms with Crippen LogP contribution in [0, 0.1) is 0 Å². The van der Waals surface area contributed by atoms with Crippen molar-refractivity contribution in [3.05, 3.63) is 0 Å². The number of carbonyl (C=O) groups is 2. The van der Waals surface area contributed by atoms with Gasteiger partial charge < -0.3 is 105 Å². The van der Waals surface area contributed by atoms with Crippen LogP contribution in [0.2, 0.25) is 0 Å². The first-order chi connectivity index (χ1) is 24.1. The summed E-state index contributed by atoms with van der Waals surface area (Å²) in [7, 11) is 0. The molecule has 4 aliphatic rings. The lowest BCUT2D eigenvalue weighted by molar-refractivity contribution is -0.376. The zero-order chi connectivity index (χ0) is 37.9. The number of rotatable bonds is 12. The molecule has 0 aromatic rings. The van der Waals surface area contributed by atoms with Crippen molar-refractivity contribution in [2.24, 2.45) is 0 Å². The summed E-state index contributed by atoms with van der Waals surface area (Å²) in [5.74, 6) is -1.44. The molecule has 0 aromatic carbocycles. The zero-order valence-electron chi connectivity index (χ0n) is 27.4. The van der Waals surface area contributed by atoms with Gasteiger partial charge in [-0.05, 0) is 0 Å². The van der Waals surface area contributed by atoms with Crippen LogP contribution in [0.1, 0.15) is 13.8 Å². The Bertz CT molecular complexity index is 1140. The molecule has 20 atom stereocenters. The molecule has 14 N–H and O–H groups in total. The van der Waals surface area contributed by atoms with Gasteiger partial charge >= 0.3 is 0 Å². The van der Waals surface area contributed by atoms with E-state index >= 15 is 0 Å². The summed E-state index contributed by atoms with van der Waals surface area (Å²) in [5, 5.41) is 130. The first-order valence-corrected chi connectivity index (χ1v) is 16.1. The van der Waals surface area contributed by atoms with E-state index in [0.717, 1.165) is 13.8 Å². The van der Waals surface area contributed by atoms with Gasteiger partial charge in [-0.15, -0.1) is 0 Å². The van der Waals surface area contributed by atoms with Crippen molar-refractivity contribution in [1.29, 1.82) is 0 Å². The van der Waals surface area contributed by atoms with Crippen molar-refractivity contribution in [2.45, 2.75) is 137 Å². The Morgan fingerprint density at radius 3 is 1.43 bits per heavy atom. The summed E-state index contributed by atoms with van der Waals surface area (Å²) in [4.78, 5) is 24.0. The summed E-state index contributed by atoms with van der Waals surface area (Å²) in [5.41, 5.74) is 0. The van der Waals surface area contributed by atoms with E-state index in [4.69, 9.17) is 33.2 Å². The van der Waals surface area contributed by atoms with Gasteiger partial charge in [-0.1, -0.05) is 0 Å². The lowest BCUT2D eigenvalue weighted by atomic mass is 9.94.